The lowest BCUT2D eigenvalue weighted by Gasteiger charge is -2.15. The van der Waals surface area contributed by atoms with E-state index in [-0.39, 0.29) is 0 Å². The molecule has 0 aliphatic heterocycles. The van der Waals surface area contributed by atoms with Crippen LogP contribution in [-0.4, -0.2) is 16.8 Å². The molecule has 0 aliphatic rings. The van der Waals surface area contributed by atoms with E-state index in [0.29, 0.717) is 10.2 Å². The van der Waals surface area contributed by atoms with Gasteiger partial charge in [-0.15, -0.1) is 0 Å². The Bertz CT molecular complexity index is 474. The third-order valence-electron chi connectivity index (χ3n) is 2.96. The fourth-order valence-corrected chi connectivity index (χ4v) is 1.89. The normalized spacial score (nSPS) is 9.75. The van der Waals surface area contributed by atoms with Gasteiger partial charge in [-0.1, -0.05) is 25.5 Å². The minimum atomic E-state index is 0.485. The highest BCUT2D eigenvalue weighted by molar-refractivity contribution is 7.80. The van der Waals surface area contributed by atoms with Gasteiger partial charge in [-0.05, 0) is 61.9 Å². The quantitative estimate of drug-likeness (QED) is 0.390. The summed E-state index contributed by atoms with van der Waals surface area (Å²) in [5.74, 6) is 0. The summed E-state index contributed by atoms with van der Waals surface area (Å²) in [4.78, 5) is 0. The molecule has 6 heteroatoms. The third-order valence-corrected chi connectivity index (χ3v) is 3.41. The molecule has 20 heavy (non-hydrogen) atoms. The first-order chi connectivity index (χ1) is 9.54. The van der Waals surface area contributed by atoms with Crippen molar-refractivity contribution in [2.24, 2.45) is 0 Å². The second-order valence-electron chi connectivity index (χ2n) is 4.56. The van der Waals surface area contributed by atoms with Gasteiger partial charge in [0.05, 0.1) is 0 Å². The van der Waals surface area contributed by atoms with Crippen LogP contribution in [0, 0.1) is 13.8 Å². The molecule has 0 radical (unpaired) electrons. The molecule has 0 atom stereocenters. The molecule has 4 N–H and O–H groups in total. The average molecular weight is 310 g/mol. The Morgan fingerprint density at radius 1 is 1.10 bits per heavy atom. The summed E-state index contributed by atoms with van der Waals surface area (Å²) in [6, 6.07) is 6.06. The third kappa shape index (κ3) is 5.71. The van der Waals surface area contributed by atoms with Gasteiger partial charge < -0.3 is 10.6 Å². The van der Waals surface area contributed by atoms with Gasteiger partial charge in [0.15, 0.2) is 10.2 Å². The molecule has 0 spiro atoms. The zero-order valence-electron chi connectivity index (χ0n) is 12.2. The van der Waals surface area contributed by atoms with Crippen LogP contribution in [0.2, 0.25) is 0 Å². The molecule has 1 aromatic rings. The Labute approximate surface area is 131 Å². The van der Waals surface area contributed by atoms with Gasteiger partial charge in [0, 0.05) is 12.2 Å². The molecule has 0 heterocycles. The number of anilines is 1. The monoisotopic (exact) mass is 310 g/mol. The van der Waals surface area contributed by atoms with Crippen LogP contribution in [0.4, 0.5) is 5.69 Å². The standard InChI is InChI=1S/C14H22N4S2/c1-4-5-9-15-13(19)17-18-14(20)16-12-8-6-7-10(2)11(12)3/h6-8H,4-5,9H2,1-3H3,(H2,15,17,19)(H2,16,18,20). The maximum atomic E-state index is 5.22. The highest BCUT2D eigenvalue weighted by Crippen LogP contribution is 2.17. The van der Waals surface area contributed by atoms with Crippen molar-refractivity contribution in [3.63, 3.8) is 0 Å². The van der Waals surface area contributed by atoms with Crippen molar-refractivity contribution in [2.45, 2.75) is 33.6 Å². The van der Waals surface area contributed by atoms with Crippen LogP contribution in [0.5, 0.6) is 0 Å². The first-order valence-electron chi connectivity index (χ1n) is 6.71. The molecule has 1 aromatic carbocycles. The van der Waals surface area contributed by atoms with Gasteiger partial charge in [0.2, 0.25) is 0 Å². The van der Waals surface area contributed by atoms with Gasteiger partial charge in [0.1, 0.15) is 0 Å². The highest BCUT2D eigenvalue weighted by Gasteiger charge is 2.03. The Kier molecular flexibility index (Phi) is 7.25. The van der Waals surface area contributed by atoms with Crippen LogP contribution in [0.1, 0.15) is 30.9 Å². The molecule has 110 valence electrons. The Morgan fingerprint density at radius 3 is 2.50 bits per heavy atom. The van der Waals surface area contributed by atoms with Crippen molar-refractivity contribution < 1.29 is 0 Å². The molecule has 0 saturated carbocycles. The number of hydrogen-bond acceptors (Lipinski definition) is 2. The SMILES string of the molecule is CCCCNC(=S)NNC(=S)Nc1cccc(C)c1C. The lowest BCUT2D eigenvalue weighted by molar-refractivity contribution is 0.732. The van der Waals surface area contributed by atoms with Crippen LogP contribution < -0.4 is 21.5 Å². The molecule has 0 amide bonds. The van der Waals surface area contributed by atoms with Crippen molar-refractivity contribution in [3.05, 3.63) is 29.3 Å². The van der Waals surface area contributed by atoms with Gasteiger partial charge in [-0.2, -0.15) is 0 Å². The van der Waals surface area contributed by atoms with Gasteiger partial charge in [-0.3, -0.25) is 10.9 Å². The molecule has 1 rings (SSSR count). The summed E-state index contributed by atoms with van der Waals surface area (Å²) in [5.41, 5.74) is 9.13. The fraction of sp³-hybridized carbons (Fsp3) is 0.429. The molecular weight excluding hydrogens is 288 g/mol. The Hall–Kier alpha value is -1.40. The van der Waals surface area contributed by atoms with E-state index in [4.69, 9.17) is 24.4 Å². The second-order valence-corrected chi connectivity index (χ2v) is 5.38. The summed E-state index contributed by atoms with van der Waals surface area (Å²) in [6.07, 6.45) is 2.22. The number of thiocarbonyl (C=S) groups is 2. The van der Waals surface area contributed by atoms with Gasteiger partial charge in [-0.25, -0.2) is 0 Å². The highest BCUT2D eigenvalue weighted by atomic mass is 32.1. The fourth-order valence-electron chi connectivity index (χ4n) is 1.58. The zero-order valence-corrected chi connectivity index (χ0v) is 13.8. The molecule has 4 nitrogen and oxygen atoms in total. The number of hydrazine groups is 1. The Morgan fingerprint density at radius 2 is 1.80 bits per heavy atom. The van der Waals surface area contributed by atoms with Crippen molar-refractivity contribution in [1.82, 2.24) is 16.2 Å². The number of unbranched alkanes of at least 4 members (excludes halogenated alkanes) is 1. The maximum absolute atomic E-state index is 5.22. The van der Waals surface area contributed by atoms with Crippen LogP contribution in [-0.2, 0) is 0 Å². The minimum absolute atomic E-state index is 0.485. The predicted molar refractivity (Wildman–Crippen MR) is 93.9 cm³/mol. The van der Waals surface area contributed by atoms with E-state index in [1.165, 1.54) is 11.1 Å². The first kappa shape index (κ1) is 16.7. The molecule has 0 fully saturated rings. The maximum Gasteiger partial charge on any atom is 0.189 e. The summed E-state index contributed by atoms with van der Waals surface area (Å²) < 4.78 is 0. The average Bonchev–Trinajstić information content (AvgIpc) is 2.42. The molecule has 0 bridgehead atoms. The first-order valence-corrected chi connectivity index (χ1v) is 7.53. The van der Waals surface area contributed by atoms with E-state index in [1.807, 2.05) is 12.1 Å². The molecule has 0 unspecified atom stereocenters. The van der Waals surface area contributed by atoms with E-state index in [0.717, 1.165) is 25.1 Å². The molecular formula is C14H22N4S2. The number of aryl methyl sites for hydroxylation is 1. The topological polar surface area (TPSA) is 48.1 Å². The zero-order chi connectivity index (χ0) is 15.0. The van der Waals surface area contributed by atoms with Crippen LogP contribution in [0.3, 0.4) is 0 Å². The minimum Gasteiger partial charge on any atom is -0.361 e. The van der Waals surface area contributed by atoms with Crippen molar-refractivity contribution in [3.8, 4) is 0 Å². The van der Waals surface area contributed by atoms with Crippen LogP contribution in [0.15, 0.2) is 18.2 Å². The van der Waals surface area contributed by atoms with E-state index in [1.54, 1.807) is 0 Å². The molecule has 0 aromatic heterocycles. The molecule has 0 aliphatic carbocycles. The predicted octanol–water partition coefficient (Wildman–Crippen LogP) is 2.77. The van der Waals surface area contributed by atoms with Crippen molar-refractivity contribution >= 4 is 40.3 Å². The number of rotatable bonds is 4. The van der Waals surface area contributed by atoms with Gasteiger partial charge >= 0.3 is 0 Å². The van der Waals surface area contributed by atoms with E-state index in [9.17, 15) is 0 Å². The lowest BCUT2D eigenvalue weighted by Crippen LogP contribution is -2.48. The second kappa shape index (κ2) is 8.71. The number of benzene rings is 1. The summed E-state index contributed by atoms with van der Waals surface area (Å²) in [5, 5.41) is 7.27. The summed E-state index contributed by atoms with van der Waals surface area (Å²) >= 11 is 10.3. The largest absolute Gasteiger partial charge is 0.361 e. The van der Waals surface area contributed by atoms with Gasteiger partial charge in [0.25, 0.3) is 0 Å². The number of hydrogen-bond donors (Lipinski definition) is 4. The Balaban J connectivity index is 2.37. The molecule has 0 saturated heterocycles. The van der Waals surface area contributed by atoms with Crippen LogP contribution in [0.25, 0.3) is 0 Å². The lowest BCUT2D eigenvalue weighted by atomic mass is 10.1. The van der Waals surface area contributed by atoms with Crippen LogP contribution >= 0.6 is 24.4 Å². The van der Waals surface area contributed by atoms with Crippen molar-refractivity contribution in [1.29, 1.82) is 0 Å². The van der Waals surface area contributed by atoms with E-state index < -0.39 is 0 Å². The van der Waals surface area contributed by atoms with Crippen molar-refractivity contribution in [2.75, 3.05) is 11.9 Å². The summed E-state index contributed by atoms with van der Waals surface area (Å²) in [7, 11) is 0. The van der Waals surface area contributed by atoms with E-state index in [2.05, 4.69) is 48.3 Å². The number of nitrogens with one attached hydrogen (secondary N) is 4. The summed E-state index contributed by atoms with van der Waals surface area (Å²) in [6.45, 7) is 7.13. The van der Waals surface area contributed by atoms with E-state index >= 15 is 0 Å². The smallest absolute Gasteiger partial charge is 0.189 e.